The third-order valence-corrected chi connectivity index (χ3v) is 4.51. The van der Waals surface area contributed by atoms with Gasteiger partial charge in [-0.05, 0) is 47.9 Å². The van der Waals surface area contributed by atoms with Gasteiger partial charge in [-0.3, -0.25) is 4.79 Å². The van der Waals surface area contributed by atoms with Crippen LogP contribution in [0.25, 0.3) is 0 Å². The molecule has 2 aliphatic carbocycles. The van der Waals surface area contributed by atoms with Crippen molar-refractivity contribution < 1.29 is 9.90 Å². The molecule has 3 rings (SSSR count). The summed E-state index contributed by atoms with van der Waals surface area (Å²) < 4.78 is 1.78. The lowest BCUT2D eigenvalue weighted by atomic mass is 10.0. The van der Waals surface area contributed by atoms with Crippen molar-refractivity contribution in [1.82, 2.24) is 20.2 Å². The molecule has 1 heterocycles. The van der Waals surface area contributed by atoms with Crippen molar-refractivity contribution in [2.75, 3.05) is 0 Å². The molecule has 104 valence electrons. The molecule has 0 spiro atoms. The third kappa shape index (κ3) is 2.48. The molecule has 2 aliphatic rings. The minimum absolute atomic E-state index is 0.103. The van der Waals surface area contributed by atoms with E-state index in [2.05, 4.69) is 22.4 Å². The van der Waals surface area contributed by atoms with Gasteiger partial charge < -0.3 is 5.11 Å². The summed E-state index contributed by atoms with van der Waals surface area (Å²) in [4.78, 5) is 11.0. The molecule has 3 unspecified atom stereocenters. The van der Waals surface area contributed by atoms with E-state index in [4.69, 9.17) is 5.11 Å². The summed E-state index contributed by atoms with van der Waals surface area (Å²) in [6, 6.07) is -0.107. The Hall–Kier alpha value is -1.46. The zero-order valence-corrected chi connectivity index (χ0v) is 11.2. The average Bonchev–Trinajstić information content (AvgIpc) is 2.81. The Balaban J connectivity index is 1.78. The van der Waals surface area contributed by atoms with Crippen LogP contribution in [0.3, 0.4) is 0 Å². The second kappa shape index (κ2) is 4.90. The lowest BCUT2D eigenvalue weighted by Gasteiger charge is -2.18. The molecule has 0 aromatic carbocycles. The van der Waals surface area contributed by atoms with Crippen LogP contribution in [-0.4, -0.2) is 31.3 Å². The number of carboxylic acid groups (broad SMARTS) is 1. The monoisotopic (exact) mass is 264 g/mol. The first kappa shape index (κ1) is 12.6. The van der Waals surface area contributed by atoms with E-state index in [1.165, 1.54) is 19.3 Å². The van der Waals surface area contributed by atoms with E-state index in [1.807, 2.05) is 0 Å². The van der Waals surface area contributed by atoms with E-state index in [0.29, 0.717) is 5.92 Å². The molecule has 0 amide bonds. The van der Waals surface area contributed by atoms with Crippen LogP contribution >= 0.6 is 0 Å². The number of nitrogens with zero attached hydrogens (tertiary/aromatic N) is 4. The standard InChI is InChI=1S/C13H20N4O2/c1-2-3-11(7-12(18)19)17-13(14-15-16-17)10-5-8-4-9(8)6-10/h8-11H,2-7H2,1H3,(H,18,19). The molecule has 0 aliphatic heterocycles. The molecular weight excluding hydrogens is 244 g/mol. The molecule has 6 nitrogen and oxygen atoms in total. The molecule has 2 fully saturated rings. The van der Waals surface area contributed by atoms with Gasteiger partial charge in [-0.25, -0.2) is 4.68 Å². The second-order valence-electron chi connectivity index (χ2n) is 5.95. The largest absolute Gasteiger partial charge is 0.481 e. The highest BCUT2D eigenvalue weighted by atomic mass is 16.4. The van der Waals surface area contributed by atoms with Gasteiger partial charge in [-0.1, -0.05) is 13.3 Å². The van der Waals surface area contributed by atoms with Gasteiger partial charge in [0.05, 0.1) is 12.5 Å². The van der Waals surface area contributed by atoms with Crippen LogP contribution in [0.4, 0.5) is 0 Å². The lowest BCUT2D eigenvalue weighted by molar-refractivity contribution is -0.138. The second-order valence-corrected chi connectivity index (χ2v) is 5.95. The lowest BCUT2D eigenvalue weighted by Crippen LogP contribution is -2.19. The van der Waals surface area contributed by atoms with Gasteiger partial charge in [-0.15, -0.1) is 5.10 Å². The first-order valence-electron chi connectivity index (χ1n) is 7.18. The van der Waals surface area contributed by atoms with Crippen LogP contribution in [-0.2, 0) is 4.79 Å². The van der Waals surface area contributed by atoms with Gasteiger partial charge in [0, 0.05) is 5.92 Å². The normalized spacial score (nSPS) is 30.1. The Morgan fingerprint density at radius 3 is 2.79 bits per heavy atom. The van der Waals surface area contributed by atoms with Gasteiger partial charge in [0.1, 0.15) is 0 Å². The Morgan fingerprint density at radius 2 is 2.16 bits per heavy atom. The van der Waals surface area contributed by atoms with Crippen LogP contribution in [0.1, 0.15) is 63.2 Å². The van der Waals surface area contributed by atoms with Gasteiger partial charge in [-0.2, -0.15) is 0 Å². The van der Waals surface area contributed by atoms with Crippen molar-refractivity contribution in [3.63, 3.8) is 0 Å². The van der Waals surface area contributed by atoms with Crippen molar-refractivity contribution in [3.8, 4) is 0 Å². The molecule has 19 heavy (non-hydrogen) atoms. The summed E-state index contributed by atoms with van der Waals surface area (Å²) in [6.07, 6.45) is 5.57. The number of rotatable bonds is 6. The van der Waals surface area contributed by atoms with E-state index >= 15 is 0 Å². The maximum absolute atomic E-state index is 11.0. The molecule has 0 radical (unpaired) electrons. The average molecular weight is 264 g/mol. The van der Waals surface area contributed by atoms with Gasteiger partial charge in [0.25, 0.3) is 0 Å². The molecular formula is C13H20N4O2. The maximum Gasteiger partial charge on any atom is 0.305 e. The molecule has 2 saturated carbocycles. The summed E-state index contributed by atoms with van der Waals surface area (Å²) in [6.45, 7) is 2.06. The number of hydrogen-bond acceptors (Lipinski definition) is 4. The summed E-state index contributed by atoms with van der Waals surface area (Å²) in [5.41, 5.74) is 0. The fourth-order valence-corrected chi connectivity index (χ4v) is 3.50. The Kier molecular flexibility index (Phi) is 3.24. The SMILES string of the molecule is CCCC(CC(=O)O)n1nnnc1C1CC2CC2C1. The van der Waals surface area contributed by atoms with Crippen molar-refractivity contribution in [2.24, 2.45) is 11.8 Å². The molecule has 0 saturated heterocycles. The van der Waals surface area contributed by atoms with Crippen LogP contribution in [0.5, 0.6) is 0 Å². The van der Waals surface area contributed by atoms with E-state index < -0.39 is 5.97 Å². The predicted molar refractivity (Wildman–Crippen MR) is 67.6 cm³/mol. The predicted octanol–water partition coefficient (Wildman–Crippen LogP) is 2.00. The van der Waals surface area contributed by atoms with Crippen molar-refractivity contribution >= 4 is 5.97 Å². The fourth-order valence-electron chi connectivity index (χ4n) is 3.50. The van der Waals surface area contributed by atoms with Crippen LogP contribution in [0.2, 0.25) is 0 Å². The molecule has 6 heteroatoms. The zero-order chi connectivity index (χ0) is 13.4. The topological polar surface area (TPSA) is 80.9 Å². The minimum Gasteiger partial charge on any atom is -0.481 e. The summed E-state index contributed by atoms with van der Waals surface area (Å²) >= 11 is 0. The molecule has 1 aromatic rings. The van der Waals surface area contributed by atoms with Crippen molar-refractivity contribution in [1.29, 1.82) is 0 Å². The van der Waals surface area contributed by atoms with E-state index in [9.17, 15) is 4.79 Å². The fraction of sp³-hybridized carbons (Fsp3) is 0.846. The van der Waals surface area contributed by atoms with E-state index in [0.717, 1.165) is 30.5 Å². The molecule has 3 atom stereocenters. The van der Waals surface area contributed by atoms with E-state index in [1.54, 1.807) is 4.68 Å². The highest BCUT2D eigenvalue weighted by Crippen LogP contribution is 2.57. The molecule has 1 aromatic heterocycles. The minimum atomic E-state index is -0.783. The number of carbonyl (C=O) groups is 1. The molecule has 0 bridgehead atoms. The first-order valence-corrected chi connectivity index (χ1v) is 7.18. The highest BCUT2D eigenvalue weighted by molar-refractivity contribution is 5.67. The van der Waals surface area contributed by atoms with Crippen LogP contribution in [0, 0.1) is 11.8 Å². The molecule has 1 N–H and O–H groups in total. The number of aromatic nitrogens is 4. The zero-order valence-electron chi connectivity index (χ0n) is 11.2. The quantitative estimate of drug-likeness (QED) is 0.850. The Labute approximate surface area is 112 Å². The van der Waals surface area contributed by atoms with Crippen LogP contribution in [0.15, 0.2) is 0 Å². The van der Waals surface area contributed by atoms with Crippen molar-refractivity contribution in [2.45, 2.75) is 57.4 Å². The highest BCUT2D eigenvalue weighted by Gasteiger charge is 2.47. The smallest absolute Gasteiger partial charge is 0.305 e. The van der Waals surface area contributed by atoms with Gasteiger partial charge >= 0.3 is 5.97 Å². The number of tetrazole rings is 1. The number of aliphatic carboxylic acids is 1. The van der Waals surface area contributed by atoms with E-state index in [-0.39, 0.29) is 12.5 Å². The summed E-state index contributed by atoms with van der Waals surface area (Å²) in [5.74, 6) is 2.31. The van der Waals surface area contributed by atoms with Crippen molar-refractivity contribution in [3.05, 3.63) is 5.82 Å². The van der Waals surface area contributed by atoms with Gasteiger partial charge in [0.2, 0.25) is 0 Å². The van der Waals surface area contributed by atoms with Gasteiger partial charge in [0.15, 0.2) is 5.82 Å². The Bertz CT molecular complexity index is 463. The summed E-state index contributed by atoms with van der Waals surface area (Å²) in [7, 11) is 0. The maximum atomic E-state index is 11.0. The first-order chi connectivity index (χ1) is 9.19. The Morgan fingerprint density at radius 1 is 1.42 bits per heavy atom. The number of hydrogen-bond donors (Lipinski definition) is 1. The third-order valence-electron chi connectivity index (χ3n) is 4.51. The number of fused-ring (bicyclic) bond motifs is 1. The number of carboxylic acids is 1. The summed E-state index contributed by atoms with van der Waals surface area (Å²) in [5, 5.41) is 21.1. The van der Waals surface area contributed by atoms with Crippen LogP contribution < -0.4 is 0 Å².